The van der Waals surface area contributed by atoms with Crippen LogP contribution < -0.4 is 10.1 Å². The van der Waals surface area contributed by atoms with Gasteiger partial charge in [-0.25, -0.2) is 0 Å². The van der Waals surface area contributed by atoms with Crippen molar-refractivity contribution in [2.24, 2.45) is 0 Å². The van der Waals surface area contributed by atoms with Crippen molar-refractivity contribution in [3.05, 3.63) is 35.9 Å². The number of nitrogens with one attached hydrogen (secondary N) is 1. The molecule has 1 atom stereocenters. The summed E-state index contributed by atoms with van der Waals surface area (Å²) < 4.78 is 11.1. The second-order valence-corrected chi connectivity index (χ2v) is 5.03. The van der Waals surface area contributed by atoms with Crippen LogP contribution in [0, 0.1) is 0 Å². The summed E-state index contributed by atoms with van der Waals surface area (Å²) in [6.07, 6.45) is 2.15. The predicted octanol–water partition coefficient (Wildman–Crippen LogP) is 2.74. The first-order valence-electron chi connectivity index (χ1n) is 7.00. The molecule has 4 nitrogen and oxygen atoms in total. The first-order chi connectivity index (χ1) is 9.60. The van der Waals surface area contributed by atoms with E-state index in [-0.39, 0.29) is 11.9 Å². The van der Waals surface area contributed by atoms with Gasteiger partial charge in [0.05, 0.1) is 6.61 Å². The van der Waals surface area contributed by atoms with Gasteiger partial charge in [0.2, 0.25) is 0 Å². The van der Waals surface area contributed by atoms with Gasteiger partial charge in [-0.05, 0) is 51.1 Å². The molecule has 1 N–H and O–H groups in total. The van der Waals surface area contributed by atoms with Crippen molar-refractivity contribution in [2.45, 2.75) is 39.3 Å². The molecule has 1 heterocycles. The second-order valence-electron chi connectivity index (χ2n) is 5.03. The van der Waals surface area contributed by atoms with E-state index >= 15 is 0 Å². The first-order valence-corrected chi connectivity index (χ1v) is 7.00. The number of rotatable bonds is 5. The van der Waals surface area contributed by atoms with Gasteiger partial charge in [-0.3, -0.25) is 4.79 Å². The SMILES string of the molecule is CCOc1ccc(C2=CCC(C(=O)NC(C)C)O2)cc1. The number of carbonyl (C=O) groups is 1. The highest BCUT2D eigenvalue weighted by molar-refractivity contribution is 5.83. The van der Waals surface area contributed by atoms with Gasteiger partial charge < -0.3 is 14.8 Å². The summed E-state index contributed by atoms with van der Waals surface area (Å²) in [5.41, 5.74) is 0.966. The average molecular weight is 275 g/mol. The molecule has 1 aliphatic heterocycles. The molecule has 0 aliphatic carbocycles. The Balaban J connectivity index is 1.96. The van der Waals surface area contributed by atoms with Crippen molar-refractivity contribution in [2.75, 3.05) is 6.61 Å². The molecular weight excluding hydrogens is 254 g/mol. The Morgan fingerprint density at radius 1 is 1.40 bits per heavy atom. The molecule has 0 spiro atoms. The Morgan fingerprint density at radius 2 is 2.10 bits per heavy atom. The van der Waals surface area contributed by atoms with E-state index < -0.39 is 6.10 Å². The normalized spacial score (nSPS) is 17.6. The van der Waals surface area contributed by atoms with Crippen LogP contribution in [-0.2, 0) is 9.53 Å². The van der Waals surface area contributed by atoms with E-state index in [2.05, 4.69) is 5.32 Å². The third-order valence-corrected chi connectivity index (χ3v) is 2.96. The fraction of sp³-hybridized carbons (Fsp3) is 0.438. The number of amides is 1. The van der Waals surface area contributed by atoms with Crippen molar-refractivity contribution in [3.63, 3.8) is 0 Å². The summed E-state index contributed by atoms with van der Waals surface area (Å²) in [6, 6.07) is 7.83. The van der Waals surface area contributed by atoms with Gasteiger partial charge >= 0.3 is 0 Å². The lowest BCUT2D eigenvalue weighted by atomic mass is 10.1. The lowest BCUT2D eigenvalue weighted by Crippen LogP contribution is -2.38. The van der Waals surface area contributed by atoms with Gasteiger partial charge in [-0.1, -0.05) is 0 Å². The van der Waals surface area contributed by atoms with Crippen molar-refractivity contribution in [1.29, 1.82) is 0 Å². The molecule has 1 unspecified atom stereocenters. The van der Waals surface area contributed by atoms with E-state index in [1.54, 1.807) is 0 Å². The summed E-state index contributed by atoms with van der Waals surface area (Å²) in [6.45, 7) is 6.48. The standard InChI is InChI=1S/C16H21NO3/c1-4-19-13-7-5-12(6-8-13)14-9-10-15(20-14)16(18)17-11(2)3/h5-9,11,15H,4,10H2,1-3H3,(H,17,18). The van der Waals surface area contributed by atoms with Crippen LogP contribution in [0.4, 0.5) is 0 Å². The molecule has 0 radical (unpaired) electrons. The van der Waals surface area contributed by atoms with E-state index in [4.69, 9.17) is 9.47 Å². The lowest BCUT2D eigenvalue weighted by Gasteiger charge is -2.15. The fourth-order valence-electron chi connectivity index (χ4n) is 2.07. The molecule has 108 valence electrons. The van der Waals surface area contributed by atoms with Crippen molar-refractivity contribution < 1.29 is 14.3 Å². The van der Waals surface area contributed by atoms with Crippen LogP contribution in [0.1, 0.15) is 32.8 Å². The third kappa shape index (κ3) is 3.53. The molecule has 0 bridgehead atoms. The van der Waals surface area contributed by atoms with Gasteiger partial charge in [0.25, 0.3) is 5.91 Å². The summed E-state index contributed by atoms with van der Waals surface area (Å²) >= 11 is 0. The third-order valence-electron chi connectivity index (χ3n) is 2.96. The number of benzene rings is 1. The number of carbonyl (C=O) groups excluding carboxylic acids is 1. The zero-order chi connectivity index (χ0) is 14.5. The van der Waals surface area contributed by atoms with Crippen molar-refractivity contribution in [3.8, 4) is 5.75 Å². The molecule has 0 saturated carbocycles. The Morgan fingerprint density at radius 3 is 2.70 bits per heavy atom. The highest BCUT2D eigenvalue weighted by Crippen LogP contribution is 2.27. The van der Waals surface area contributed by atoms with Gasteiger partial charge in [-0.2, -0.15) is 0 Å². The minimum atomic E-state index is -0.418. The molecule has 0 fully saturated rings. The first kappa shape index (κ1) is 14.4. The highest BCUT2D eigenvalue weighted by Gasteiger charge is 2.26. The Hall–Kier alpha value is -1.97. The van der Waals surface area contributed by atoms with Gasteiger partial charge in [0.15, 0.2) is 6.10 Å². The Kier molecular flexibility index (Phi) is 4.66. The van der Waals surface area contributed by atoms with E-state index in [9.17, 15) is 4.79 Å². The Labute approximate surface area is 119 Å². The zero-order valence-electron chi connectivity index (χ0n) is 12.2. The van der Waals surface area contributed by atoms with Crippen LogP contribution >= 0.6 is 0 Å². The topological polar surface area (TPSA) is 47.6 Å². The second kappa shape index (κ2) is 6.46. The largest absolute Gasteiger partial charge is 0.494 e. The molecule has 0 saturated heterocycles. The number of hydrogen-bond acceptors (Lipinski definition) is 3. The predicted molar refractivity (Wildman–Crippen MR) is 78.4 cm³/mol. The molecule has 1 aliphatic rings. The molecular formula is C16H21NO3. The summed E-state index contributed by atoms with van der Waals surface area (Å²) in [5.74, 6) is 1.54. The fourth-order valence-corrected chi connectivity index (χ4v) is 2.07. The number of hydrogen-bond donors (Lipinski definition) is 1. The quantitative estimate of drug-likeness (QED) is 0.899. The van der Waals surface area contributed by atoms with Crippen molar-refractivity contribution >= 4 is 11.7 Å². The van der Waals surface area contributed by atoms with E-state index in [0.717, 1.165) is 17.1 Å². The minimum Gasteiger partial charge on any atom is -0.494 e. The highest BCUT2D eigenvalue weighted by atomic mass is 16.5. The molecule has 2 rings (SSSR count). The molecule has 1 amide bonds. The maximum Gasteiger partial charge on any atom is 0.261 e. The van der Waals surface area contributed by atoms with Gasteiger partial charge in [-0.15, -0.1) is 0 Å². The lowest BCUT2D eigenvalue weighted by molar-refractivity contribution is -0.128. The van der Waals surface area contributed by atoms with Gasteiger partial charge in [0, 0.05) is 18.0 Å². The van der Waals surface area contributed by atoms with Crippen LogP contribution in [0.3, 0.4) is 0 Å². The summed E-state index contributed by atoms with van der Waals surface area (Å²) in [5, 5.41) is 2.87. The van der Waals surface area contributed by atoms with Crippen molar-refractivity contribution in [1.82, 2.24) is 5.32 Å². The smallest absolute Gasteiger partial charge is 0.261 e. The van der Waals surface area contributed by atoms with Crippen LogP contribution in [0.15, 0.2) is 30.3 Å². The maximum absolute atomic E-state index is 11.9. The molecule has 0 aromatic heterocycles. The van der Waals surface area contributed by atoms with Crippen LogP contribution in [0.25, 0.3) is 5.76 Å². The zero-order valence-corrected chi connectivity index (χ0v) is 12.2. The van der Waals surface area contributed by atoms with Crippen LogP contribution in [0.5, 0.6) is 5.75 Å². The summed E-state index contributed by atoms with van der Waals surface area (Å²) in [7, 11) is 0. The molecule has 1 aromatic rings. The van der Waals surface area contributed by atoms with E-state index in [1.165, 1.54) is 0 Å². The van der Waals surface area contributed by atoms with E-state index in [0.29, 0.717) is 13.0 Å². The minimum absolute atomic E-state index is 0.0582. The molecule has 20 heavy (non-hydrogen) atoms. The monoisotopic (exact) mass is 275 g/mol. The molecule has 1 aromatic carbocycles. The number of ether oxygens (including phenoxy) is 2. The maximum atomic E-state index is 11.9. The Bertz CT molecular complexity index is 491. The van der Waals surface area contributed by atoms with Gasteiger partial charge in [0.1, 0.15) is 11.5 Å². The van der Waals surface area contributed by atoms with Crippen LogP contribution in [0.2, 0.25) is 0 Å². The van der Waals surface area contributed by atoms with Crippen LogP contribution in [-0.4, -0.2) is 24.7 Å². The van der Waals surface area contributed by atoms with E-state index in [1.807, 2.05) is 51.1 Å². The molecule has 4 heteroatoms. The average Bonchev–Trinajstić information content (AvgIpc) is 2.89. The summed E-state index contributed by atoms with van der Waals surface area (Å²) in [4.78, 5) is 11.9.